The summed E-state index contributed by atoms with van der Waals surface area (Å²) in [6, 6.07) is 7.56. The van der Waals surface area contributed by atoms with Gasteiger partial charge in [-0.25, -0.2) is 0 Å². The Hall–Kier alpha value is -2.37. The number of Topliss-reactive ketones (excluding diaryl/α,β-unsaturated/α-hetero) is 1. The Morgan fingerprint density at radius 1 is 1.00 bits per heavy atom. The van der Waals surface area contributed by atoms with E-state index in [4.69, 9.17) is 0 Å². The van der Waals surface area contributed by atoms with Gasteiger partial charge in [0.2, 0.25) is 11.8 Å². The molecule has 3 atom stereocenters. The molecule has 6 heteroatoms. The van der Waals surface area contributed by atoms with Crippen LogP contribution in [0.3, 0.4) is 0 Å². The molecule has 2 aliphatic heterocycles. The van der Waals surface area contributed by atoms with Gasteiger partial charge >= 0.3 is 0 Å². The van der Waals surface area contributed by atoms with Crippen molar-refractivity contribution in [3.63, 3.8) is 0 Å². The lowest BCUT2D eigenvalue weighted by atomic mass is 9.84. The Morgan fingerprint density at radius 2 is 1.73 bits per heavy atom. The average Bonchev–Trinajstić information content (AvgIpc) is 3.12. The minimum atomic E-state index is -1.23. The van der Waals surface area contributed by atoms with Gasteiger partial charge in [-0.1, -0.05) is 6.42 Å². The summed E-state index contributed by atoms with van der Waals surface area (Å²) < 4.78 is 0. The number of anilines is 2. The highest BCUT2D eigenvalue weighted by Gasteiger charge is 2.48. The van der Waals surface area contributed by atoms with E-state index in [0.717, 1.165) is 38.0 Å². The molecule has 0 bridgehead atoms. The van der Waals surface area contributed by atoms with Crippen molar-refractivity contribution in [2.45, 2.75) is 44.6 Å². The summed E-state index contributed by atoms with van der Waals surface area (Å²) in [5.74, 6) is -2.64. The first-order valence-corrected chi connectivity index (χ1v) is 9.63. The van der Waals surface area contributed by atoms with Gasteiger partial charge < -0.3 is 15.5 Å². The van der Waals surface area contributed by atoms with Crippen LogP contribution >= 0.6 is 0 Å². The molecule has 26 heavy (non-hydrogen) atoms. The fraction of sp³-hybridized carbons (Fsp3) is 0.550. The normalized spacial score (nSPS) is 28.5. The van der Waals surface area contributed by atoms with E-state index in [1.807, 2.05) is 24.3 Å². The Bertz CT molecular complexity index is 710. The highest BCUT2D eigenvalue weighted by Crippen LogP contribution is 2.32. The van der Waals surface area contributed by atoms with E-state index in [9.17, 15) is 14.4 Å². The van der Waals surface area contributed by atoms with Crippen LogP contribution < -0.4 is 15.5 Å². The first kappa shape index (κ1) is 17.1. The van der Waals surface area contributed by atoms with Gasteiger partial charge in [-0.3, -0.25) is 14.4 Å². The molecule has 1 aromatic rings. The van der Waals surface area contributed by atoms with Crippen LogP contribution in [-0.2, 0) is 14.4 Å². The third-order valence-electron chi connectivity index (χ3n) is 5.87. The van der Waals surface area contributed by atoms with Crippen LogP contribution in [0.5, 0.6) is 0 Å². The smallest absolute Gasteiger partial charge is 0.244 e. The predicted octanol–water partition coefficient (Wildman–Crippen LogP) is 2.10. The second-order valence-corrected chi connectivity index (χ2v) is 7.57. The van der Waals surface area contributed by atoms with E-state index >= 15 is 0 Å². The van der Waals surface area contributed by atoms with E-state index in [2.05, 4.69) is 15.5 Å². The maximum atomic E-state index is 12.6. The topological polar surface area (TPSA) is 78.5 Å². The standard InChI is InChI=1S/C20H25N3O3/c24-18-15-5-4-6-16(15)22-20(26)17(18)19(25)21-13-7-9-14(10-8-13)23-11-2-1-3-12-23/h7-10,15-17H,1-6,11-12H2,(H,21,25)(H,22,26)/t15-,16+,17?/m1/s1. The number of rotatable bonds is 3. The molecule has 2 saturated heterocycles. The van der Waals surface area contributed by atoms with E-state index in [-0.39, 0.29) is 17.7 Å². The Balaban J connectivity index is 1.42. The number of piperidine rings is 2. The van der Waals surface area contributed by atoms with Crippen LogP contribution in [-0.4, -0.2) is 36.7 Å². The van der Waals surface area contributed by atoms with E-state index in [0.29, 0.717) is 5.69 Å². The zero-order chi connectivity index (χ0) is 18.1. The van der Waals surface area contributed by atoms with E-state index < -0.39 is 17.7 Å². The number of fused-ring (bicyclic) bond motifs is 1. The summed E-state index contributed by atoms with van der Waals surface area (Å²) in [5.41, 5.74) is 1.76. The maximum Gasteiger partial charge on any atom is 0.244 e. The molecule has 1 aromatic carbocycles. The molecule has 4 rings (SSSR count). The summed E-state index contributed by atoms with van der Waals surface area (Å²) >= 11 is 0. The molecule has 3 aliphatic rings. The minimum Gasteiger partial charge on any atom is -0.372 e. The molecule has 1 aliphatic carbocycles. The lowest BCUT2D eigenvalue weighted by Gasteiger charge is -2.30. The zero-order valence-corrected chi connectivity index (χ0v) is 14.9. The maximum absolute atomic E-state index is 12.6. The summed E-state index contributed by atoms with van der Waals surface area (Å²) in [6.45, 7) is 2.12. The number of hydrogen-bond acceptors (Lipinski definition) is 4. The monoisotopic (exact) mass is 355 g/mol. The van der Waals surface area contributed by atoms with Gasteiger partial charge in [0.05, 0.1) is 0 Å². The third kappa shape index (κ3) is 3.20. The quantitative estimate of drug-likeness (QED) is 0.814. The average molecular weight is 355 g/mol. The van der Waals surface area contributed by atoms with Crippen LogP contribution in [0.4, 0.5) is 11.4 Å². The van der Waals surface area contributed by atoms with Crippen LogP contribution in [0.15, 0.2) is 24.3 Å². The Labute approximate surface area is 153 Å². The molecular formula is C20H25N3O3. The molecule has 0 aromatic heterocycles. The van der Waals surface area contributed by atoms with Crippen molar-refractivity contribution < 1.29 is 14.4 Å². The number of hydrogen-bond donors (Lipinski definition) is 2. The van der Waals surface area contributed by atoms with Crippen molar-refractivity contribution in [3.05, 3.63) is 24.3 Å². The van der Waals surface area contributed by atoms with Crippen molar-refractivity contribution in [2.75, 3.05) is 23.3 Å². The number of carbonyl (C=O) groups excluding carboxylic acids is 3. The Kier molecular flexibility index (Phi) is 4.66. The molecule has 1 saturated carbocycles. The lowest BCUT2D eigenvalue weighted by Crippen LogP contribution is -2.56. The van der Waals surface area contributed by atoms with Crippen LogP contribution in [0.2, 0.25) is 0 Å². The minimum absolute atomic E-state index is 0.0807. The van der Waals surface area contributed by atoms with Crippen molar-refractivity contribution in [1.29, 1.82) is 0 Å². The first-order valence-electron chi connectivity index (χ1n) is 9.63. The number of nitrogens with one attached hydrogen (secondary N) is 2. The molecule has 6 nitrogen and oxygen atoms in total. The highest BCUT2D eigenvalue weighted by atomic mass is 16.2. The fourth-order valence-corrected chi connectivity index (χ4v) is 4.45. The third-order valence-corrected chi connectivity index (χ3v) is 5.87. The number of amides is 2. The molecule has 0 radical (unpaired) electrons. The SMILES string of the molecule is O=C(Nc1ccc(N2CCCCC2)cc1)C1C(=O)N[C@H]2CCC[C@H]2C1=O. The molecule has 2 amide bonds. The molecular weight excluding hydrogens is 330 g/mol. The largest absolute Gasteiger partial charge is 0.372 e. The molecule has 138 valence electrons. The van der Waals surface area contributed by atoms with Gasteiger partial charge in [-0.2, -0.15) is 0 Å². The van der Waals surface area contributed by atoms with E-state index in [1.54, 1.807) is 0 Å². The van der Waals surface area contributed by atoms with Gasteiger partial charge in [0.1, 0.15) is 0 Å². The number of benzene rings is 1. The van der Waals surface area contributed by atoms with Crippen molar-refractivity contribution in [1.82, 2.24) is 5.32 Å². The fourth-order valence-electron chi connectivity index (χ4n) is 4.45. The number of ketones is 1. The number of nitrogens with zero attached hydrogens (tertiary/aromatic N) is 1. The summed E-state index contributed by atoms with van der Waals surface area (Å²) in [4.78, 5) is 39.7. The molecule has 2 N–H and O–H groups in total. The van der Waals surface area contributed by atoms with Crippen LogP contribution in [0.25, 0.3) is 0 Å². The number of carbonyl (C=O) groups is 3. The highest BCUT2D eigenvalue weighted by molar-refractivity contribution is 6.23. The summed E-state index contributed by atoms with van der Waals surface area (Å²) in [7, 11) is 0. The van der Waals surface area contributed by atoms with Gasteiger partial charge in [-0.15, -0.1) is 0 Å². The van der Waals surface area contributed by atoms with Crippen molar-refractivity contribution in [3.8, 4) is 0 Å². The zero-order valence-electron chi connectivity index (χ0n) is 14.9. The molecule has 2 heterocycles. The molecule has 1 unspecified atom stereocenters. The van der Waals surface area contributed by atoms with Gasteiger partial charge in [0.25, 0.3) is 0 Å². The first-order chi connectivity index (χ1) is 12.6. The van der Waals surface area contributed by atoms with Crippen molar-refractivity contribution in [2.24, 2.45) is 11.8 Å². The lowest BCUT2D eigenvalue weighted by molar-refractivity contribution is -0.145. The van der Waals surface area contributed by atoms with Crippen LogP contribution in [0.1, 0.15) is 38.5 Å². The van der Waals surface area contributed by atoms with Crippen molar-refractivity contribution >= 4 is 29.0 Å². The predicted molar refractivity (Wildman–Crippen MR) is 98.9 cm³/mol. The van der Waals surface area contributed by atoms with Gasteiger partial charge in [-0.05, 0) is 56.4 Å². The second kappa shape index (κ2) is 7.09. The van der Waals surface area contributed by atoms with Gasteiger partial charge in [0.15, 0.2) is 11.7 Å². The Morgan fingerprint density at radius 3 is 2.46 bits per heavy atom. The molecule has 3 fully saturated rings. The van der Waals surface area contributed by atoms with E-state index in [1.165, 1.54) is 19.3 Å². The molecule has 0 spiro atoms. The summed E-state index contributed by atoms with van der Waals surface area (Å²) in [5, 5.41) is 5.59. The second-order valence-electron chi connectivity index (χ2n) is 7.57. The summed E-state index contributed by atoms with van der Waals surface area (Å²) in [6.07, 6.45) is 6.21. The van der Waals surface area contributed by atoms with Gasteiger partial charge in [0, 0.05) is 36.4 Å². The van der Waals surface area contributed by atoms with Crippen LogP contribution in [0, 0.1) is 11.8 Å².